The van der Waals surface area contributed by atoms with E-state index in [1.165, 1.54) is 12.3 Å². The number of amides is 1. The summed E-state index contributed by atoms with van der Waals surface area (Å²) in [5.74, 6) is -0.229. The molecule has 1 aromatic rings. The fourth-order valence-corrected chi connectivity index (χ4v) is 1.53. The highest BCUT2D eigenvalue weighted by Crippen LogP contribution is 2.15. The molecule has 1 amide bonds. The first-order valence-electron chi connectivity index (χ1n) is 4.61. The maximum atomic E-state index is 11.7. The van der Waals surface area contributed by atoms with E-state index in [2.05, 4.69) is 15.3 Å². The topological polar surface area (TPSA) is 73.3 Å². The first kappa shape index (κ1) is 11.9. The maximum Gasteiger partial charge on any atom is 0.295 e. The van der Waals surface area contributed by atoms with E-state index in [0.717, 1.165) is 0 Å². The lowest BCUT2D eigenvalue weighted by atomic mass is 10.4. The van der Waals surface area contributed by atoms with E-state index in [0.29, 0.717) is 13.2 Å². The van der Waals surface area contributed by atoms with E-state index in [-0.39, 0.29) is 22.0 Å². The van der Waals surface area contributed by atoms with Crippen LogP contribution in [-0.4, -0.2) is 29.1 Å². The minimum Gasteiger partial charge on any atom is -0.494 e. The number of nitrogens with one attached hydrogen (secondary N) is 1. The van der Waals surface area contributed by atoms with E-state index in [1.807, 2.05) is 0 Å². The zero-order valence-corrected chi connectivity index (χ0v) is 9.96. The number of hydrogen-bond acceptors (Lipinski definition) is 5. The number of nitrogens with zero attached hydrogens (tertiary/aromatic N) is 2. The van der Waals surface area contributed by atoms with Crippen LogP contribution in [0.5, 0.6) is 0 Å². The predicted octanol–water partition coefficient (Wildman–Crippen LogP) is 1.61. The van der Waals surface area contributed by atoms with Crippen LogP contribution in [0.25, 0.3) is 0 Å². The van der Waals surface area contributed by atoms with Crippen LogP contribution in [0.4, 0.5) is 5.82 Å². The third-order valence-corrected chi connectivity index (χ3v) is 2.14. The number of aromatic nitrogens is 2. The van der Waals surface area contributed by atoms with Crippen LogP contribution in [0, 0.1) is 0 Å². The van der Waals surface area contributed by atoms with Crippen molar-refractivity contribution in [1.29, 1.82) is 0 Å². The van der Waals surface area contributed by atoms with Gasteiger partial charge in [0.05, 0.1) is 0 Å². The molecule has 8 heteroatoms. The number of carbonyl (C=O) groups is 1. The van der Waals surface area contributed by atoms with Crippen LogP contribution >= 0.6 is 23.2 Å². The number of anilines is 1. The van der Waals surface area contributed by atoms with Crippen molar-refractivity contribution in [3.05, 3.63) is 28.5 Å². The summed E-state index contributed by atoms with van der Waals surface area (Å²) < 4.78 is 10.0. The molecule has 17 heavy (non-hydrogen) atoms. The Kier molecular flexibility index (Phi) is 3.65. The number of ether oxygens (including phenoxy) is 2. The summed E-state index contributed by atoms with van der Waals surface area (Å²) in [6.45, 7) is 0.743. The highest BCUT2D eigenvalue weighted by atomic mass is 35.5. The van der Waals surface area contributed by atoms with Crippen molar-refractivity contribution in [2.24, 2.45) is 0 Å². The molecule has 0 saturated carbocycles. The molecule has 0 aliphatic carbocycles. The van der Waals surface area contributed by atoms with Gasteiger partial charge in [-0.25, -0.2) is 9.97 Å². The molecule has 1 N–H and O–H groups in total. The van der Waals surface area contributed by atoms with Gasteiger partial charge in [0.15, 0.2) is 0 Å². The van der Waals surface area contributed by atoms with Crippen LogP contribution in [0.3, 0.4) is 0 Å². The first-order valence-corrected chi connectivity index (χ1v) is 5.37. The van der Waals surface area contributed by atoms with Crippen molar-refractivity contribution in [3.8, 4) is 0 Å². The Morgan fingerprint density at radius 3 is 2.82 bits per heavy atom. The Balaban J connectivity index is 2.09. The second kappa shape index (κ2) is 5.20. The molecule has 0 atom stereocenters. The van der Waals surface area contributed by atoms with Crippen molar-refractivity contribution in [2.45, 2.75) is 0 Å². The molecular weight excluding hydrogens is 269 g/mol. The van der Waals surface area contributed by atoms with Gasteiger partial charge in [-0.3, -0.25) is 4.79 Å². The quantitative estimate of drug-likeness (QED) is 0.656. The number of hydrogen-bond donors (Lipinski definition) is 1. The Morgan fingerprint density at radius 2 is 2.18 bits per heavy atom. The summed E-state index contributed by atoms with van der Waals surface area (Å²) in [6, 6.07) is 1.37. The van der Waals surface area contributed by atoms with Gasteiger partial charge in [0, 0.05) is 6.07 Å². The van der Waals surface area contributed by atoms with Gasteiger partial charge < -0.3 is 14.8 Å². The van der Waals surface area contributed by atoms with Crippen LogP contribution in [-0.2, 0) is 14.3 Å². The molecule has 0 radical (unpaired) electrons. The fraction of sp³-hybridized carbons (Fsp3) is 0.222. The number of rotatable bonds is 2. The van der Waals surface area contributed by atoms with Crippen molar-refractivity contribution in [3.63, 3.8) is 0 Å². The van der Waals surface area contributed by atoms with E-state index in [1.54, 1.807) is 0 Å². The summed E-state index contributed by atoms with van der Waals surface area (Å²) in [4.78, 5) is 19.1. The molecule has 2 heterocycles. The average molecular weight is 276 g/mol. The highest BCUT2D eigenvalue weighted by molar-refractivity contribution is 6.32. The Hall–Kier alpha value is -1.53. The molecular formula is C9H7Cl2N3O3. The van der Waals surface area contributed by atoms with Gasteiger partial charge in [-0.2, -0.15) is 0 Å². The lowest BCUT2D eigenvalue weighted by molar-refractivity contribution is -0.117. The Labute approximate surface area is 107 Å². The molecule has 0 unspecified atom stereocenters. The zero-order chi connectivity index (χ0) is 12.3. The minimum atomic E-state index is -0.490. The van der Waals surface area contributed by atoms with Crippen LogP contribution < -0.4 is 5.32 Å². The van der Waals surface area contributed by atoms with Crippen molar-refractivity contribution in [2.75, 3.05) is 18.5 Å². The van der Waals surface area contributed by atoms with Gasteiger partial charge in [-0.1, -0.05) is 11.6 Å². The summed E-state index contributed by atoms with van der Waals surface area (Å²) >= 11 is 11.3. The molecule has 0 saturated heterocycles. The van der Waals surface area contributed by atoms with Gasteiger partial charge in [-0.15, -0.1) is 0 Å². The molecule has 0 fully saturated rings. The van der Waals surface area contributed by atoms with Crippen LogP contribution in [0.15, 0.2) is 18.1 Å². The minimum absolute atomic E-state index is 0.0532. The largest absolute Gasteiger partial charge is 0.494 e. The molecule has 90 valence electrons. The third-order valence-electron chi connectivity index (χ3n) is 1.78. The van der Waals surface area contributed by atoms with E-state index in [9.17, 15) is 4.79 Å². The number of halogens is 2. The third kappa shape index (κ3) is 3.21. The SMILES string of the molecule is O=C(Nc1cc(Cl)nc(Cl)n1)C1=COCCO1. The van der Waals surface area contributed by atoms with Gasteiger partial charge in [-0.05, 0) is 11.6 Å². The van der Waals surface area contributed by atoms with Gasteiger partial charge >= 0.3 is 0 Å². The lowest BCUT2D eigenvalue weighted by Crippen LogP contribution is -2.21. The smallest absolute Gasteiger partial charge is 0.295 e. The Bertz CT molecular complexity index is 458. The average Bonchev–Trinajstić information content (AvgIpc) is 2.28. The zero-order valence-electron chi connectivity index (χ0n) is 8.44. The van der Waals surface area contributed by atoms with Gasteiger partial charge in [0.1, 0.15) is 30.4 Å². The van der Waals surface area contributed by atoms with Crippen molar-refractivity contribution < 1.29 is 14.3 Å². The van der Waals surface area contributed by atoms with Crippen molar-refractivity contribution >= 4 is 34.9 Å². The van der Waals surface area contributed by atoms with Crippen LogP contribution in [0.2, 0.25) is 10.4 Å². The Morgan fingerprint density at radius 1 is 1.35 bits per heavy atom. The highest BCUT2D eigenvalue weighted by Gasteiger charge is 2.16. The second-order valence-electron chi connectivity index (χ2n) is 3.00. The summed E-state index contributed by atoms with van der Waals surface area (Å²) in [5.41, 5.74) is 0. The molecule has 1 aliphatic heterocycles. The molecule has 1 aliphatic rings. The summed E-state index contributed by atoms with van der Waals surface area (Å²) in [7, 11) is 0. The fourth-order valence-electron chi connectivity index (χ4n) is 1.12. The standard InChI is InChI=1S/C9H7Cl2N3O3/c10-6-3-7(14-9(11)12-6)13-8(15)5-4-16-1-2-17-5/h3-4H,1-2H2,(H,12,13,14,15). The molecule has 6 nitrogen and oxygen atoms in total. The number of carbonyl (C=O) groups excluding carboxylic acids is 1. The molecule has 0 spiro atoms. The molecule has 1 aromatic heterocycles. The predicted molar refractivity (Wildman–Crippen MR) is 60.7 cm³/mol. The summed E-state index contributed by atoms with van der Waals surface area (Å²) in [5, 5.41) is 2.54. The van der Waals surface area contributed by atoms with Gasteiger partial charge in [0.2, 0.25) is 11.0 Å². The monoisotopic (exact) mass is 275 g/mol. The van der Waals surface area contributed by atoms with Crippen LogP contribution in [0.1, 0.15) is 0 Å². The maximum absolute atomic E-state index is 11.7. The van der Waals surface area contributed by atoms with Crippen molar-refractivity contribution in [1.82, 2.24) is 9.97 Å². The summed E-state index contributed by atoms with van der Waals surface area (Å²) in [6.07, 6.45) is 1.24. The van der Waals surface area contributed by atoms with E-state index >= 15 is 0 Å². The normalized spacial score (nSPS) is 14.4. The van der Waals surface area contributed by atoms with Gasteiger partial charge in [0.25, 0.3) is 5.91 Å². The second-order valence-corrected chi connectivity index (χ2v) is 3.73. The first-order chi connectivity index (χ1) is 8.15. The molecule has 0 bridgehead atoms. The van der Waals surface area contributed by atoms with E-state index in [4.69, 9.17) is 32.7 Å². The molecule has 2 rings (SSSR count). The van der Waals surface area contributed by atoms with E-state index < -0.39 is 5.91 Å². The lowest BCUT2D eigenvalue weighted by Gasteiger charge is -2.14. The molecule has 0 aromatic carbocycles.